The molecule has 0 unspecified atom stereocenters. The Labute approximate surface area is 142 Å². The Balaban J connectivity index is 2.04. The third-order valence-electron chi connectivity index (χ3n) is 4.02. The highest BCUT2D eigenvalue weighted by Gasteiger charge is 2.31. The molecule has 1 saturated heterocycles. The molecular weight excluding hydrogens is 304 g/mol. The Kier molecular flexibility index (Phi) is 4.66. The molecule has 1 fully saturated rings. The molecular formula is C18H24N4O2. The lowest BCUT2D eigenvalue weighted by Crippen LogP contribution is -2.48. The molecule has 0 aliphatic carbocycles. The molecule has 0 radical (unpaired) electrons. The monoisotopic (exact) mass is 328 g/mol. The summed E-state index contributed by atoms with van der Waals surface area (Å²) < 4.78 is 5.68. The summed E-state index contributed by atoms with van der Waals surface area (Å²) in [6.45, 7) is 7.45. The number of aromatic nitrogens is 2. The first-order valence-electron chi connectivity index (χ1n) is 8.38. The first-order chi connectivity index (χ1) is 11.5. The van der Waals surface area contributed by atoms with E-state index in [2.05, 4.69) is 15.3 Å². The van der Waals surface area contributed by atoms with Crippen molar-refractivity contribution in [2.75, 3.05) is 18.0 Å². The summed E-state index contributed by atoms with van der Waals surface area (Å²) in [4.78, 5) is 23.3. The fraction of sp³-hybridized carbons (Fsp3) is 0.500. The number of fused-ring (bicyclic) bond motifs is 1. The van der Waals surface area contributed by atoms with Gasteiger partial charge in [0.05, 0.1) is 5.69 Å². The van der Waals surface area contributed by atoms with Gasteiger partial charge in [0, 0.05) is 23.8 Å². The summed E-state index contributed by atoms with van der Waals surface area (Å²) in [7, 11) is 0. The minimum absolute atomic E-state index is 0.104. The molecule has 0 bridgehead atoms. The van der Waals surface area contributed by atoms with Gasteiger partial charge in [-0.3, -0.25) is 4.90 Å². The van der Waals surface area contributed by atoms with Crippen LogP contribution in [0.15, 0.2) is 30.6 Å². The number of nitrogens with zero attached hydrogens (tertiary/aromatic N) is 3. The number of pyridine rings is 2. The molecule has 0 aromatic carbocycles. The van der Waals surface area contributed by atoms with Gasteiger partial charge in [0.2, 0.25) is 0 Å². The van der Waals surface area contributed by atoms with Gasteiger partial charge in [-0.2, -0.15) is 0 Å². The largest absolute Gasteiger partial charge is 0.443 e. The number of anilines is 1. The van der Waals surface area contributed by atoms with Gasteiger partial charge >= 0.3 is 6.09 Å². The summed E-state index contributed by atoms with van der Waals surface area (Å²) in [5.74, 6) is 0. The zero-order valence-electron chi connectivity index (χ0n) is 14.5. The van der Waals surface area contributed by atoms with Crippen LogP contribution in [0, 0.1) is 0 Å². The molecule has 2 aromatic rings. The van der Waals surface area contributed by atoms with Crippen LogP contribution < -0.4 is 10.2 Å². The van der Waals surface area contributed by atoms with E-state index in [1.165, 1.54) is 0 Å². The van der Waals surface area contributed by atoms with E-state index in [4.69, 9.17) is 4.74 Å². The minimum atomic E-state index is -0.538. The lowest BCUT2D eigenvalue weighted by Gasteiger charge is -2.36. The third-order valence-corrected chi connectivity index (χ3v) is 4.02. The Morgan fingerprint density at radius 3 is 2.62 bits per heavy atom. The molecule has 3 rings (SSSR count). The predicted octanol–water partition coefficient (Wildman–Crippen LogP) is 3.12. The lowest BCUT2D eigenvalue weighted by molar-refractivity contribution is 0.0560. The first kappa shape index (κ1) is 16.6. The summed E-state index contributed by atoms with van der Waals surface area (Å²) in [5.41, 5.74) is 0.912. The van der Waals surface area contributed by atoms with E-state index in [1.54, 1.807) is 17.3 Å². The number of hydrogen-bond acceptors (Lipinski definition) is 5. The van der Waals surface area contributed by atoms with Crippen LogP contribution in [0.4, 0.5) is 10.5 Å². The maximum absolute atomic E-state index is 12.9. The van der Waals surface area contributed by atoms with Gasteiger partial charge in [0.15, 0.2) is 5.65 Å². The van der Waals surface area contributed by atoms with Crippen molar-refractivity contribution in [2.24, 2.45) is 0 Å². The number of carbonyl (C=O) groups is 1. The number of hydrogen-bond donors (Lipinski definition) is 1. The summed E-state index contributed by atoms with van der Waals surface area (Å²) in [6.07, 6.45) is 4.88. The Morgan fingerprint density at radius 2 is 1.92 bits per heavy atom. The van der Waals surface area contributed by atoms with Crippen molar-refractivity contribution in [1.82, 2.24) is 15.3 Å². The molecule has 1 N–H and O–H groups in total. The summed E-state index contributed by atoms with van der Waals surface area (Å²) in [5, 5.41) is 4.21. The van der Waals surface area contributed by atoms with Gasteiger partial charge < -0.3 is 10.1 Å². The molecule has 128 valence electrons. The van der Waals surface area contributed by atoms with E-state index < -0.39 is 5.60 Å². The molecule has 2 aromatic heterocycles. The SMILES string of the molecule is CC(C)(C)OC(=O)N(c1ccnc2ncccc12)C1CCNCC1. The Morgan fingerprint density at radius 1 is 1.21 bits per heavy atom. The van der Waals surface area contributed by atoms with E-state index >= 15 is 0 Å². The van der Waals surface area contributed by atoms with Crippen molar-refractivity contribution < 1.29 is 9.53 Å². The molecule has 6 nitrogen and oxygen atoms in total. The van der Waals surface area contributed by atoms with E-state index in [1.807, 2.05) is 39.0 Å². The van der Waals surface area contributed by atoms with Crippen molar-refractivity contribution in [3.8, 4) is 0 Å². The van der Waals surface area contributed by atoms with Gasteiger partial charge in [-0.1, -0.05) is 0 Å². The average Bonchev–Trinajstić information content (AvgIpc) is 2.55. The zero-order chi connectivity index (χ0) is 17.2. The number of piperidine rings is 1. The van der Waals surface area contributed by atoms with E-state index in [0.29, 0.717) is 5.65 Å². The van der Waals surface area contributed by atoms with E-state index in [9.17, 15) is 4.79 Å². The van der Waals surface area contributed by atoms with Crippen LogP contribution in [0.2, 0.25) is 0 Å². The normalized spacial score (nSPS) is 16.1. The molecule has 1 aliphatic rings. The van der Waals surface area contributed by atoms with Gasteiger partial charge in [0.1, 0.15) is 5.60 Å². The fourth-order valence-corrected chi connectivity index (χ4v) is 3.00. The van der Waals surface area contributed by atoms with Gasteiger partial charge in [-0.05, 0) is 64.9 Å². The smallest absolute Gasteiger partial charge is 0.415 e. The number of amides is 1. The summed E-state index contributed by atoms with van der Waals surface area (Å²) in [6, 6.07) is 5.79. The Bertz CT molecular complexity index is 715. The number of ether oxygens (including phenoxy) is 1. The van der Waals surface area contributed by atoms with Crippen LogP contribution in [-0.4, -0.2) is 40.8 Å². The highest BCUT2D eigenvalue weighted by atomic mass is 16.6. The molecule has 0 atom stereocenters. The standard InChI is InChI=1S/C18H24N4O2/c1-18(2,3)24-17(23)22(13-6-10-19-11-7-13)15-8-12-21-16-14(15)5-4-9-20-16/h4-5,8-9,12-13,19H,6-7,10-11H2,1-3H3. The van der Waals surface area contributed by atoms with Crippen LogP contribution in [0.1, 0.15) is 33.6 Å². The van der Waals surface area contributed by atoms with Crippen LogP contribution in [-0.2, 0) is 4.74 Å². The maximum Gasteiger partial charge on any atom is 0.415 e. The lowest BCUT2D eigenvalue weighted by atomic mass is 10.0. The molecule has 0 spiro atoms. The quantitative estimate of drug-likeness (QED) is 0.917. The molecule has 0 saturated carbocycles. The van der Waals surface area contributed by atoms with Crippen molar-refractivity contribution in [3.63, 3.8) is 0 Å². The number of nitrogens with one attached hydrogen (secondary N) is 1. The molecule has 1 aliphatic heterocycles. The number of rotatable bonds is 2. The second-order valence-electron chi connectivity index (χ2n) is 7.04. The summed E-state index contributed by atoms with van der Waals surface area (Å²) >= 11 is 0. The van der Waals surface area contributed by atoms with Crippen LogP contribution in [0.3, 0.4) is 0 Å². The maximum atomic E-state index is 12.9. The minimum Gasteiger partial charge on any atom is -0.443 e. The molecule has 6 heteroatoms. The third kappa shape index (κ3) is 3.64. The fourth-order valence-electron chi connectivity index (χ4n) is 3.00. The molecule has 3 heterocycles. The van der Waals surface area contributed by atoms with Crippen LogP contribution in [0.5, 0.6) is 0 Å². The van der Waals surface area contributed by atoms with Crippen molar-refractivity contribution >= 4 is 22.8 Å². The van der Waals surface area contributed by atoms with Crippen molar-refractivity contribution in [3.05, 3.63) is 30.6 Å². The Hall–Kier alpha value is -2.21. The number of carbonyl (C=O) groups excluding carboxylic acids is 1. The van der Waals surface area contributed by atoms with E-state index in [-0.39, 0.29) is 12.1 Å². The van der Waals surface area contributed by atoms with Crippen molar-refractivity contribution in [1.29, 1.82) is 0 Å². The van der Waals surface area contributed by atoms with Crippen LogP contribution >= 0.6 is 0 Å². The molecule has 24 heavy (non-hydrogen) atoms. The zero-order valence-corrected chi connectivity index (χ0v) is 14.5. The van der Waals surface area contributed by atoms with Gasteiger partial charge in [-0.25, -0.2) is 14.8 Å². The van der Waals surface area contributed by atoms with Crippen LogP contribution in [0.25, 0.3) is 11.0 Å². The first-order valence-corrected chi connectivity index (χ1v) is 8.38. The topological polar surface area (TPSA) is 67.3 Å². The molecule has 1 amide bonds. The van der Waals surface area contributed by atoms with Crippen molar-refractivity contribution in [2.45, 2.75) is 45.3 Å². The average molecular weight is 328 g/mol. The highest BCUT2D eigenvalue weighted by molar-refractivity contribution is 5.99. The second kappa shape index (κ2) is 6.73. The predicted molar refractivity (Wildman–Crippen MR) is 94.1 cm³/mol. The highest BCUT2D eigenvalue weighted by Crippen LogP contribution is 2.30. The van der Waals surface area contributed by atoms with Gasteiger partial charge in [-0.15, -0.1) is 0 Å². The van der Waals surface area contributed by atoms with Gasteiger partial charge in [0.25, 0.3) is 0 Å². The second-order valence-corrected chi connectivity index (χ2v) is 7.04. The van der Waals surface area contributed by atoms with E-state index in [0.717, 1.165) is 37.0 Å².